The minimum Gasteiger partial charge on any atom is -0.438 e. The number of hydrogen-bond acceptors (Lipinski definition) is 7. The van der Waals surface area contributed by atoms with Crippen LogP contribution in [0, 0.1) is 0 Å². The number of pyridine rings is 1. The molecule has 2 heterocycles. The van der Waals surface area contributed by atoms with Crippen LogP contribution in [-0.2, 0) is 30.3 Å². The standard InChI is InChI=1S/C19H23N3O.C13H11NO3S/c1-20-12-14-4-3-5-16(10-14)19(23)21-18-7-6-15-8-9-22(2)13-17(15)11-18;1-18(16)12-5-3-2-4-11(12)17-13-7-6-10(9-15)8-14-13/h3-7,10-11,20H,8-9,12-13H2,1-2H3,(H,21,23);2-9H,1H3. The Morgan fingerprint density at radius 2 is 1.88 bits per heavy atom. The van der Waals surface area contributed by atoms with Crippen LogP contribution < -0.4 is 15.4 Å². The van der Waals surface area contributed by atoms with Gasteiger partial charge in [-0.05, 0) is 79.7 Å². The first kappa shape index (κ1) is 29.8. The maximum absolute atomic E-state index is 12.5. The Kier molecular flexibility index (Phi) is 10.5. The Hall–Kier alpha value is -4.18. The monoisotopic (exact) mass is 570 g/mol. The summed E-state index contributed by atoms with van der Waals surface area (Å²) in [5, 5.41) is 6.12. The molecule has 5 rings (SSSR count). The van der Waals surface area contributed by atoms with E-state index in [1.807, 2.05) is 37.4 Å². The van der Waals surface area contributed by atoms with Crippen LogP contribution in [-0.4, -0.2) is 53.2 Å². The lowest BCUT2D eigenvalue weighted by Gasteiger charge is -2.25. The van der Waals surface area contributed by atoms with E-state index in [-0.39, 0.29) is 5.91 Å². The van der Waals surface area contributed by atoms with Crippen LogP contribution in [0.4, 0.5) is 5.69 Å². The van der Waals surface area contributed by atoms with Gasteiger partial charge in [0.2, 0.25) is 5.88 Å². The van der Waals surface area contributed by atoms with Crippen molar-refractivity contribution < 1.29 is 18.5 Å². The molecule has 1 aliphatic rings. The van der Waals surface area contributed by atoms with Crippen LogP contribution in [0.2, 0.25) is 0 Å². The fourth-order valence-electron chi connectivity index (χ4n) is 4.41. The number of hydrogen-bond donors (Lipinski definition) is 2. The molecule has 3 aromatic carbocycles. The number of ether oxygens (including phenoxy) is 1. The molecule has 8 nitrogen and oxygen atoms in total. The molecule has 212 valence electrons. The molecule has 0 fully saturated rings. The summed E-state index contributed by atoms with van der Waals surface area (Å²) < 4.78 is 17.1. The highest BCUT2D eigenvalue weighted by molar-refractivity contribution is 7.84. The van der Waals surface area contributed by atoms with E-state index >= 15 is 0 Å². The maximum atomic E-state index is 12.5. The molecule has 0 saturated carbocycles. The fourth-order valence-corrected chi connectivity index (χ4v) is 5.08. The molecule has 0 saturated heterocycles. The summed E-state index contributed by atoms with van der Waals surface area (Å²) in [6.07, 6.45) is 4.80. The number of carbonyl (C=O) groups excluding carboxylic acids is 2. The number of carbonyl (C=O) groups is 2. The molecule has 0 aliphatic carbocycles. The molecule has 0 bridgehead atoms. The van der Waals surface area contributed by atoms with Gasteiger partial charge in [-0.2, -0.15) is 0 Å². The summed E-state index contributed by atoms with van der Waals surface area (Å²) in [5.74, 6) is 0.801. The second kappa shape index (κ2) is 14.5. The number of benzene rings is 3. The Morgan fingerprint density at radius 3 is 2.61 bits per heavy atom. The van der Waals surface area contributed by atoms with Crippen LogP contribution >= 0.6 is 0 Å². The van der Waals surface area contributed by atoms with Crippen LogP contribution in [0.1, 0.15) is 37.4 Å². The van der Waals surface area contributed by atoms with E-state index in [2.05, 4.69) is 39.7 Å². The average Bonchev–Trinajstić information content (AvgIpc) is 2.98. The van der Waals surface area contributed by atoms with Gasteiger partial charge in [0.15, 0.2) is 6.29 Å². The number of para-hydroxylation sites is 1. The largest absolute Gasteiger partial charge is 0.438 e. The van der Waals surface area contributed by atoms with Crippen molar-refractivity contribution in [1.82, 2.24) is 15.2 Å². The number of fused-ring (bicyclic) bond motifs is 1. The van der Waals surface area contributed by atoms with Gasteiger partial charge in [0.25, 0.3) is 5.91 Å². The van der Waals surface area contributed by atoms with Gasteiger partial charge in [-0.25, -0.2) is 4.98 Å². The van der Waals surface area contributed by atoms with Gasteiger partial charge in [0, 0.05) is 55.0 Å². The number of aldehydes is 1. The van der Waals surface area contributed by atoms with Gasteiger partial charge in [0.05, 0.1) is 15.7 Å². The summed E-state index contributed by atoms with van der Waals surface area (Å²) >= 11 is 0. The minimum atomic E-state index is -1.13. The van der Waals surface area contributed by atoms with Gasteiger partial charge in [0.1, 0.15) is 5.75 Å². The van der Waals surface area contributed by atoms with Gasteiger partial charge < -0.3 is 20.3 Å². The summed E-state index contributed by atoms with van der Waals surface area (Å²) in [6.45, 7) is 2.79. The summed E-state index contributed by atoms with van der Waals surface area (Å²) in [6, 6.07) is 24.2. The highest BCUT2D eigenvalue weighted by Crippen LogP contribution is 2.26. The number of rotatable bonds is 8. The topological polar surface area (TPSA) is 101 Å². The van der Waals surface area contributed by atoms with Gasteiger partial charge >= 0.3 is 0 Å². The Balaban J connectivity index is 0.000000195. The molecule has 1 atom stereocenters. The quantitative estimate of drug-likeness (QED) is 0.285. The SMILES string of the molecule is CNCc1cccc(C(=O)Nc2ccc3c(c2)CN(C)CC3)c1.CS(=O)c1ccccc1Oc1ccc(C=O)cn1. The number of amides is 1. The van der Waals surface area contributed by atoms with Gasteiger partial charge in [-0.15, -0.1) is 0 Å². The number of nitrogens with zero attached hydrogens (tertiary/aromatic N) is 2. The third kappa shape index (κ3) is 8.40. The number of likely N-dealkylation sites (N-methyl/N-ethyl adjacent to an activating group) is 1. The Labute approximate surface area is 243 Å². The van der Waals surface area contributed by atoms with Crippen LogP contribution in [0.15, 0.2) is 90.0 Å². The van der Waals surface area contributed by atoms with Crippen molar-refractivity contribution in [2.75, 3.05) is 32.2 Å². The summed E-state index contributed by atoms with van der Waals surface area (Å²) in [7, 11) is 2.90. The molecule has 0 radical (unpaired) electrons. The first-order chi connectivity index (χ1) is 19.9. The Bertz CT molecular complexity index is 1520. The first-order valence-electron chi connectivity index (χ1n) is 13.2. The molecular formula is C32H34N4O4S. The molecular weight excluding hydrogens is 536 g/mol. The zero-order chi connectivity index (χ0) is 29.2. The molecule has 0 spiro atoms. The van der Waals surface area contributed by atoms with Gasteiger partial charge in [-0.1, -0.05) is 30.3 Å². The maximum Gasteiger partial charge on any atom is 0.255 e. The lowest BCUT2D eigenvalue weighted by Crippen LogP contribution is -2.26. The van der Waals surface area contributed by atoms with Crippen molar-refractivity contribution in [3.63, 3.8) is 0 Å². The van der Waals surface area contributed by atoms with Crippen LogP contribution in [0.3, 0.4) is 0 Å². The number of anilines is 1. The van der Waals surface area contributed by atoms with Crippen LogP contribution in [0.25, 0.3) is 0 Å². The highest BCUT2D eigenvalue weighted by Gasteiger charge is 2.14. The lowest BCUT2D eigenvalue weighted by molar-refractivity contribution is 0.102. The second-order valence-corrected chi connectivity index (χ2v) is 11.1. The molecule has 1 aromatic heterocycles. The zero-order valence-electron chi connectivity index (χ0n) is 23.4. The van der Waals surface area contributed by atoms with Gasteiger partial charge in [-0.3, -0.25) is 13.8 Å². The van der Waals surface area contributed by atoms with E-state index in [1.54, 1.807) is 42.7 Å². The van der Waals surface area contributed by atoms with E-state index in [4.69, 9.17) is 4.74 Å². The third-order valence-electron chi connectivity index (χ3n) is 6.51. The zero-order valence-corrected chi connectivity index (χ0v) is 24.2. The average molecular weight is 571 g/mol. The van der Waals surface area contributed by atoms with E-state index < -0.39 is 10.8 Å². The van der Waals surface area contributed by atoms with Crippen molar-refractivity contribution in [3.8, 4) is 11.6 Å². The van der Waals surface area contributed by atoms with E-state index in [9.17, 15) is 13.8 Å². The van der Waals surface area contributed by atoms with Crippen LogP contribution in [0.5, 0.6) is 11.6 Å². The third-order valence-corrected chi connectivity index (χ3v) is 7.46. The minimum absolute atomic E-state index is 0.0629. The smallest absolute Gasteiger partial charge is 0.255 e. The number of nitrogens with one attached hydrogen (secondary N) is 2. The molecule has 9 heteroatoms. The fraction of sp³-hybridized carbons (Fsp3) is 0.219. The van der Waals surface area contributed by atoms with E-state index in [0.29, 0.717) is 33.9 Å². The molecule has 1 unspecified atom stereocenters. The molecule has 4 aromatic rings. The van der Waals surface area contributed by atoms with Crippen molar-refractivity contribution in [2.24, 2.45) is 0 Å². The first-order valence-corrected chi connectivity index (χ1v) is 14.8. The van der Waals surface area contributed by atoms with E-state index in [0.717, 1.165) is 37.3 Å². The predicted octanol–water partition coefficient (Wildman–Crippen LogP) is 5.07. The second-order valence-electron chi connectivity index (χ2n) is 9.71. The van der Waals surface area contributed by atoms with E-state index in [1.165, 1.54) is 17.3 Å². The normalized spacial score (nSPS) is 13.2. The molecule has 1 amide bonds. The molecule has 1 aliphatic heterocycles. The highest BCUT2D eigenvalue weighted by atomic mass is 32.2. The van der Waals surface area contributed by atoms with Crippen molar-refractivity contribution in [1.29, 1.82) is 0 Å². The number of aromatic nitrogens is 1. The predicted molar refractivity (Wildman–Crippen MR) is 162 cm³/mol. The summed E-state index contributed by atoms with van der Waals surface area (Å²) in [5.41, 5.74) is 5.83. The van der Waals surface area contributed by atoms with Crippen molar-refractivity contribution in [2.45, 2.75) is 24.4 Å². The lowest BCUT2D eigenvalue weighted by atomic mass is 9.99. The Morgan fingerprint density at radius 1 is 1.05 bits per heavy atom. The summed E-state index contributed by atoms with van der Waals surface area (Å²) in [4.78, 5) is 29.9. The van der Waals surface area contributed by atoms with Crippen molar-refractivity contribution in [3.05, 3.63) is 113 Å². The molecule has 41 heavy (non-hydrogen) atoms. The molecule has 2 N–H and O–H groups in total. The van der Waals surface area contributed by atoms with Crippen molar-refractivity contribution >= 4 is 28.7 Å².